The quantitative estimate of drug-likeness (QED) is 0.240. The van der Waals surface area contributed by atoms with Gasteiger partial charge < -0.3 is 18.2 Å². The molecule has 1 unspecified atom stereocenters. The molecule has 226 valence electrons. The first-order valence-corrected chi connectivity index (χ1v) is 22.0. The summed E-state index contributed by atoms with van der Waals surface area (Å²) in [5.41, 5.74) is 1.83. The van der Waals surface area contributed by atoms with Gasteiger partial charge in [-0.3, -0.25) is 0 Å². The summed E-state index contributed by atoms with van der Waals surface area (Å²) in [6.07, 6.45) is 0. The van der Waals surface area contributed by atoms with E-state index in [2.05, 4.69) is 162 Å². The van der Waals surface area contributed by atoms with Gasteiger partial charge in [-0.2, -0.15) is 0 Å². The zero-order valence-corrected chi connectivity index (χ0v) is 31.8. The average molecular weight is 602 g/mol. The molecule has 2 rings (SSSR count). The minimum absolute atomic E-state index is 0.0222. The van der Waals surface area contributed by atoms with Gasteiger partial charge in [0.05, 0.1) is 18.2 Å². The summed E-state index contributed by atoms with van der Waals surface area (Å²) in [7, 11) is -4.72. The van der Waals surface area contributed by atoms with Gasteiger partial charge in [0, 0.05) is 11.4 Å². The van der Waals surface area contributed by atoms with Crippen molar-refractivity contribution in [1.29, 1.82) is 0 Å². The SMILES string of the molecule is CC(C)(C)[SiH2]OC(C)(C)C(CO[Si](C)(C)C(C)(C)C)N(c1ccccc1)c1ccc(O[Si](C)(C)C(C)(C)C)cc1. The van der Waals surface area contributed by atoms with E-state index in [0.717, 1.165) is 17.1 Å². The van der Waals surface area contributed by atoms with E-state index in [9.17, 15) is 0 Å². The van der Waals surface area contributed by atoms with Crippen LogP contribution >= 0.6 is 0 Å². The van der Waals surface area contributed by atoms with Crippen molar-refractivity contribution in [2.45, 2.75) is 129 Å². The Morgan fingerprint density at radius 3 is 1.60 bits per heavy atom. The van der Waals surface area contributed by atoms with Gasteiger partial charge in [-0.25, -0.2) is 0 Å². The van der Waals surface area contributed by atoms with Gasteiger partial charge in [0.1, 0.15) is 5.75 Å². The first-order chi connectivity index (χ1) is 18.0. The predicted molar refractivity (Wildman–Crippen MR) is 183 cm³/mol. The van der Waals surface area contributed by atoms with E-state index >= 15 is 0 Å². The van der Waals surface area contributed by atoms with Crippen LogP contribution in [0.1, 0.15) is 76.2 Å². The first-order valence-electron chi connectivity index (χ1n) is 14.9. The van der Waals surface area contributed by atoms with Crippen LogP contribution in [0.25, 0.3) is 0 Å². The number of para-hydroxylation sites is 1. The molecule has 0 aromatic heterocycles. The van der Waals surface area contributed by atoms with Gasteiger partial charge in [0.25, 0.3) is 0 Å². The Labute approximate surface area is 251 Å². The lowest BCUT2D eigenvalue weighted by atomic mass is 9.96. The minimum atomic E-state index is -1.99. The molecule has 0 aliphatic rings. The van der Waals surface area contributed by atoms with E-state index in [0.29, 0.717) is 6.61 Å². The van der Waals surface area contributed by atoms with Crippen molar-refractivity contribution in [2.24, 2.45) is 0 Å². The van der Waals surface area contributed by atoms with Crippen LogP contribution in [0.4, 0.5) is 11.4 Å². The Morgan fingerprint density at radius 2 is 1.15 bits per heavy atom. The molecule has 0 saturated heterocycles. The molecule has 4 nitrogen and oxygen atoms in total. The molecule has 0 bridgehead atoms. The molecule has 1 atom stereocenters. The molecular formula is C33H59NO3Si3. The number of hydrogen-bond donors (Lipinski definition) is 0. The van der Waals surface area contributed by atoms with Crippen molar-refractivity contribution in [1.82, 2.24) is 0 Å². The first kappa shape index (κ1) is 34.8. The van der Waals surface area contributed by atoms with E-state index in [1.807, 2.05) is 0 Å². The third-order valence-corrected chi connectivity index (χ3v) is 19.3. The monoisotopic (exact) mass is 601 g/mol. The second-order valence-corrected chi connectivity index (χ2v) is 28.3. The van der Waals surface area contributed by atoms with Gasteiger partial charge in [-0.05, 0) is 91.5 Å². The third-order valence-electron chi connectivity index (χ3n) is 8.73. The summed E-state index contributed by atoms with van der Waals surface area (Å²) < 4.78 is 20.4. The van der Waals surface area contributed by atoms with Crippen LogP contribution in [-0.4, -0.2) is 44.6 Å². The fourth-order valence-corrected chi connectivity index (χ4v) is 6.85. The van der Waals surface area contributed by atoms with Crippen molar-refractivity contribution in [3.63, 3.8) is 0 Å². The molecule has 0 radical (unpaired) electrons. The number of rotatable bonds is 11. The smallest absolute Gasteiger partial charge is 0.250 e. The topological polar surface area (TPSA) is 30.9 Å². The van der Waals surface area contributed by atoms with Gasteiger partial charge >= 0.3 is 0 Å². The maximum Gasteiger partial charge on any atom is 0.250 e. The van der Waals surface area contributed by atoms with E-state index in [1.165, 1.54) is 0 Å². The maximum atomic E-state index is 6.94. The summed E-state index contributed by atoms with van der Waals surface area (Å²) in [6.45, 7) is 35.0. The number of nitrogens with zero attached hydrogens (tertiary/aromatic N) is 1. The Morgan fingerprint density at radius 1 is 0.675 bits per heavy atom. The van der Waals surface area contributed by atoms with E-state index in [4.69, 9.17) is 13.3 Å². The van der Waals surface area contributed by atoms with Gasteiger partial charge in [-0.1, -0.05) is 80.5 Å². The predicted octanol–water partition coefficient (Wildman–Crippen LogP) is 9.70. The zero-order valence-electron chi connectivity index (χ0n) is 28.4. The van der Waals surface area contributed by atoms with Crippen LogP contribution in [0.2, 0.25) is 41.3 Å². The van der Waals surface area contributed by atoms with Crippen LogP contribution in [0.3, 0.4) is 0 Å². The van der Waals surface area contributed by atoms with Crippen LogP contribution in [0.5, 0.6) is 5.75 Å². The highest BCUT2D eigenvalue weighted by Gasteiger charge is 2.43. The molecule has 0 saturated carbocycles. The summed E-state index contributed by atoms with van der Waals surface area (Å²) in [6, 6.07) is 19.3. The summed E-state index contributed by atoms with van der Waals surface area (Å²) >= 11 is 0. The molecule has 40 heavy (non-hydrogen) atoms. The largest absolute Gasteiger partial charge is 0.544 e. The van der Waals surface area contributed by atoms with Crippen LogP contribution in [0.15, 0.2) is 54.6 Å². The molecule has 0 aliphatic carbocycles. The van der Waals surface area contributed by atoms with E-state index < -0.39 is 32.0 Å². The molecule has 0 amide bonds. The highest BCUT2D eigenvalue weighted by molar-refractivity contribution is 6.75. The number of anilines is 2. The van der Waals surface area contributed by atoms with E-state index in [1.54, 1.807) is 0 Å². The molecule has 0 fully saturated rings. The lowest BCUT2D eigenvalue weighted by Crippen LogP contribution is -2.55. The van der Waals surface area contributed by atoms with Crippen LogP contribution < -0.4 is 9.33 Å². The molecule has 0 heterocycles. The van der Waals surface area contributed by atoms with Gasteiger partial charge in [-0.15, -0.1) is 0 Å². The Hall–Kier alpha value is -1.39. The zero-order chi connectivity index (χ0) is 30.8. The maximum absolute atomic E-state index is 6.94. The summed E-state index contributed by atoms with van der Waals surface area (Å²) in [5.74, 6) is 0.938. The van der Waals surface area contributed by atoms with Crippen LogP contribution in [-0.2, 0) is 8.85 Å². The molecule has 2 aromatic carbocycles. The molecule has 0 spiro atoms. The second-order valence-electron chi connectivity index (χ2n) is 16.1. The van der Waals surface area contributed by atoms with Crippen molar-refractivity contribution in [3.8, 4) is 5.75 Å². The van der Waals surface area contributed by atoms with Crippen molar-refractivity contribution < 1.29 is 13.3 Å². The molecule has 7 heteroatoms. The van der Waals surface area contributed by atoms with E-state index in [-0.39, 0.29) is 21.2 Å². The molecular weight excluding hydrogens is 543 g/mol. The summed E-state index contributed by atoms with van der Waals surface area (Å²) in [5, 5.41) is 0.470. The molecule has 2 aromatic rings. The fraction of sp³-hybridized carbons (Fsp3) is 0.636. The second kappa shape index (κ2) is 12.5. The highest BCUT2D eigenvalue weighted by atomic mass is 28.4. The Bertz CT molecular complexity index is 1060. The fourth-order valence-electron chi connectivity index (χ4n) is 3.81. The van der Waals surface area contributed by atoms with Crippen molar-refractivity contribution >= 4 is 37.8 Å². The standard InChI is InChI=1S/C33H59NO3Si3/c1-30(2,3)38-37-33(10,11)29(25-35-39(12,13)31(4,5)6)34(26-19-17-16-18-20-26)27-21-23-28(24-22-27)36-40(14,15)32(7,8)9/h16-24,29H,25,38H2,1-15H3. The minimum Gasteiger partial charge on any atom is -0.544 e. The molecule has 0 aliphatic heterocycles. The summed E-state index contributed by atoms with van der Waals surface area (Å²) in [4.78, 5) is 2.43. The number of hydrogen-bond acceptors (Lipinski definition) is 4. The van der Waals surface area contributed by atoms with Crippen molar-refractivity contribution in [3.05, 3.63) is 54.6 Å². The van der Waals surface area contributed by atoms with Gasteiger partial charge in [0.15, 0.2) is 18.1 Å². The average Bonchev–Trinajstić information content (AvgIpc) is 2.79. The lowest BCUT2D eigenvalue weighted by Gasteiger charge is -2.46. The van der Waals surface area contributed by atoms with Crippen LogP contribution in [0, 0.1) is 0 Å². The Balaban J connectivity index is 2.59. The number of benzene rings is 2. The Kier molecular flexibility index (Phi) is 10.8. The molecule has 0 N–H and O–H groups in total. The normalized spacial score (nSPS) is 15.0. The highest BCUT2D eigenvalue weighted by Crippen LogP contribution is 2.41. The third kappa shape index (κ3) is 9.31. The lowest BCUT2D eigenvalue weighted by molar-refractivity contribution is 0.0561. The van der Waals surface area contributed by atoms with Gasteiger partial charge in [0.2, 0.25) is 8.32 Å². The van der Waals surface area contributed by atoms with Crippen molar-refractivity contribution in [2.75, 3.05) is 11.5 Å².